The average molecular weight is 505 g/mol. The van der Waals surface area contributed by atoms with Gasteiger partial charge < -0.3 is 14.8 Å². The number of rotatable bonds is 6. The molecule has 35 heavy (non-hydrogen) atoms. The van der Waals surface area contributed by atoms with Crippen molar-refractivity contribution in [3.8, 4) is 11.5 Å². The molecule has 0 saturated carbocycles. The van der Waals surface area contributed by atoms with Crippen LogP contribution in [-0.4, -0.2) is 13.0 Å². The third-order valence-corrected chi connectivity index (χ3v) is 6.50. The van der Waals surface area contributed by atoms with Crippen molar-refractivity contribution in [1.82, 2.24) is 0 Å². The minimum absolute atomic E-state index is 0.107. The van der Waals surface area contributed by atoms with Gasteiger partial charge in [-0.2, -0.15) is 0 Å². The van der Waals surface area contributed by atoms with Crippen LogP contribution in [0.5, 0.6) is 11.5 Å². The number of ether oxygens (including phenoxy) is 2. The number of methoxy groups -OCH3 is 1. The minimum Gasteiger partial charge on any atom is -0.493 e. The number of anilines is 2. The summed E-state index contributed by atoms with van der Waals surface area (Å²) in [4.78, 5) is 15.3. The molecule has 1 unspecified atom stereocenters. The number of nitrogens with one attached hydrogen (secondary N) is 1. The lowest BCUT2D eigenvalue weighted by Crippen LogP contribution is -2.43. The fourth-order valence-electron chi connectivity index (χ4n) is 4.10. The SMILES string of the molecule is COc1cc(C2Nc3ccccc3C(=O)N2c2ccc(Cl)cc2)ccc1OCc1ccccc1Cl. The van der Waals surface area contributed by atoms with Gasteiger partial charge in [-0.05, 0) is 60.2 Å². The minimum atomic E-state index is -0.468. The highest BCUT2D eigenvalue weighted by Gasteiger charge is 2.34. The van der Waals surface area contributed by atoms with E-state index in [1.54, 1.807) is 24.1 Å². The number of fused-ring (bicyclic) bond motifs is 1. The van der Waals surface area contributed by atoms with E-state index >= 15 is 0 Å². The number of nitrogens with zero attached hydrogens (tertiary/aromatic N) is 1. The van der Waals surface area contributed by atoms with E-state index in [1.165, 1.54) is 0 Å². The van der Waals surface area contributed by atoms with Crippen molar-refractivity contribution < 1.29 is 14.3 Å². The van der Waals surface area contributed by atoms with Gasteiger partial charge in [-0.25, -0.2) is 0 Å². The van der Waals surface area contributed by atoms with E-state index in [-0.39, 0.29) is 5.91 Å². The van der Waals surface area contributed by atoms with Gasteiger partial charge in [-0.1, -0.05) is 59.6 Å². The third kappa shape index (κ3) is 4.65. The molecule has 1 atom stereocenters. The molecule has 1 aliphatic heterocycles. The van der Waals surface area contributed by atoms with Gasteiger partial charge in [0, 0.05) is 27.0 Å². The third-order valence-electron chi connectivity index (χ3n) is 5.88. The maximum atomic E-state index is 13.6. The molecule has 1 heterocycles. The van der Waals surface area contributed by atoms with Crippen molar-refractivity contribution in [2.24, 2.45) is 0 Å². The zero-order valence-electron chi connectivity index (χ0n) is 18.9. The van der Waals surface area contributed by atoms with Gasteiger partial charge in [0.15, 0.2) is 11.5 Å². The lowest BCUT2D eigenvalue weighted by Gasteiger charge is -2.38. The number of benzene rings is 4. The Morgan fingerprint density at radius 2 is 1.63 bits per heavy atom. The van der Waals surface area contributed by atoms with Crippen LogP contribution in [0.1, 0.15) is 27.7 Å². The lowest BCUT2D eigenvalue weighted by molar-refractivity contribution is 0.0975. The van der Waals surface area contributed by atoms with Crippen LogP contribution in [-0.2, 0) is 6.61 Å². The highest BCUT2D eigenvalue weighted by molar-refractivity contribution is 6.31. The van der Waals surface area contributed by atoms with E-state index < -0.39 is 6.17 Å². The van der Waals surface area contributed by atoms with Gasteiger partial charge in [0.1, 0.15) is 12.8 Å². The highest BCUT2D eigenvalue weighted by atomic mass is 35.5. The lowest BCUT2D eigenvalue weighted by atomic mass is 10.0. The van der Waals surface area contributed by atoms with Gasteiger partial charge >= 0.3 is 0 Å². The van der Waals surface area contributed by atoms with Gasteiger partial charge in [0.25, 0.3) is 5.91 Å². The average Bonchev–Trinajstić information content (AvgIpc) is 2.89. The van der Waals surface area contributed by atoms with Crippen LogP contribution in [0.25, 0.3) is 0 Å². The fraction of sp³-hybridized carbons (Fsp3) is 0.107. The molecule has 1 aliphatic rings. The quantitative estimate of drug-likeness (QED) is 0.298. The Morgan fingerprint density at radius 3 is 2.40 bits per heavy atom. The van der Waals surface area contributed by atoms with Gasteiger partial charge in [0.05, 0.1) is 12.7 Å². The van der Waals surface area contributed by atoms with Crippen LogP contribution in [0.2, 0.25) is 10.0 Å². The molecular formula is C28H22Cl2N2O3. The molecule has 4 aromatic carbocycles. The number of hydrogen-bond acceptors (Lipinski definition) is 4. The van der Waals surface area contributed by atoms with E-state index in [4.69, 9.17) is 32.7 Å². The zero-order chi connectivity index (χ0) is 24.4. The fourth-order valence-corrected chi connectivity index (χ4v) is 4.42. The van der Waals surface area contributed by atoms with E-state index in [1.807, 2.05) is 78.9 Å². The second-order valence-corrected chi connectivity index (χ2v) is 8.88. The number of hydrogen-bond donors (Lipinski definition) is 1. The predicted molar refractivity (Wildman–Crippen MR) is 140 cm³/mol. The first-order chi connectivity index (χ1) is 17.0. The molecule has 1 N–H and O–H groups in total. The van der Waals surface area contributed by atoms with Gasteiger partial charge in [-0.3, -0.25) is 9.69 Å². The van der Waals surface area contributed by atoms with E-state index in [2.05, 4.69) is 5.32 Å². The monoisotopic (exact) mass is 504 g/mol. The summed E-state index contributed by atoms with van der Waals surface area (Å²) in [6.45, 7) is 0.305. The largest absolute Gasteiger partial charge is 0.493 e. The van der Waals surface area contributed by atoms with Gasteiger partial charge in [0.2, 0.25) is 0 Å². The summed E-state index contributed by atoms with van der Waals surface area (Å²) in [5.41, 5.74) is 3.82. The molecule has 5 rings (SSSR count). The van der Waals surface area contributed by atoms with Crippen LogP contribution in [0.15, 0.2) is 91.0 Å². The van der Waals surface area contributed by atoms with E-state index in [0.29, 0.717) is 33.7 Å². The Morgan fingerprint density at radius 1 is 0.886 bits per heavy atom. The molecule has 0 fully saturated rings. The molecule has 0 spiro atoms. The number of amides is 1. The summed E-state index contributed by atoms with van der Waals surface area (Å²) < 4.78 is 11.7. The molecule has 4 aromatic rings. The smallest absolute Gasteiger partial charge is 0.262 e. The molecule has 7 heteroatoms. The molecule has 0 aromatic heterocycles. The second kappa shape index (κ2) is 9.90. The highest BCUT2D eigenvalue weighted by Crippen LogP contribution is 2.39. The predicted octanol–water partition coefficient (Wildman–Crippen LogP) is 7.35. The molecule has 176 valence electrons. The van der Waals surface area contributed by atoms with Crippen molar-refractivity contribution >= 4 is 40.5 Å². The van der Waals surface area contributed by atoms with Crippen LogP contribution in [0.4, 0.5) is 11.4 Å². The normalized spacial score (nSPS) is 14.8. The molecule has 0 saturated heterocycles. The molecule has 5 nitrogen and oxygen atoms in total. The Bertz CT molecular complexity index is 1370. The summed E-state index contributed by atoms with van der Waals surface area (Å²) >= 11 is 12.4. The number of para-hydroxylation sites is 1. The van der Waals surface area contributed by atoms with Crippen LogP contribution in [0, 0.1) is 0 Å². The van der Waals surface area contributed by atoms with Crippen LogP contribution in [0.3, 0.4) is 0 Å². The zero-order valence-corrected chi connectivity index (χ0v) is 20.4. The van der Waals surface area contributed by atoms with Crippen molar-refractivity contribution in [3.05, 3.63) is 118 Å². The van der Waals surface area contributed by atoms with Gasteiger partial charge in [-0.15, -0.1) is 0 Å². The Kier molecular flexibility index (Phi) is 6.53. The topological polar surface area (TPSA) is 50.8 Å². The van der Waals surface area contributed by atoms with E-state index in [9.17, 15) is 4.79 Å². The van der Waals surface area contributed by atoms with E-state index in [0.717, 1.165) is 22.5 Å². The molecule has 0 bridgehead atoms. The van der Waals surface area contributed by atoms with Crippen molar-refractivity contribution in [2.45, 2.75) is 12.8 Å². The first kappa shape index (κ1) is 23.1. The summed E-state index contributed by atoms with van der Waals surface area (Å²) in [7, 11) is 1.59. The van der Waals surface area contributed by atoms with Crippen LogP contribution < -0.4 is 19.7 Å². The number of carbonyl (C=O) groups excluding carboxylic acids is 1. The molecule has 0 aliphatic carbocycles. The molecular weight excluding hydrogens is 483 g/mol. The second-order valence-electron chi connectivity index (χ2n) is 8.03. The Balaban J connectivity index is 1.50. The summed E-state index contributed by atoms with van der Waals surface area (Å²) in [5.74, 6) is 1.03. The molecule has 0 radical (unpaired) electrons. The Labute approximate surface area is 213 Å². The van der Waals surface area contributed by atoms with Crippen molar-refractivity contribution in [1.29, 1.82) is 0 Å². The first-order valence-corrected chi connectivity index (χ1v) is 11.8. The summed E-state index contributed by atoms with van der Waals surface area (Å²) in [6, 6.07) is 27.9. The maximum Gasteiger partial charge on any atom is 0.262 e. The molecule has 1 amide bonds. The first-order valence-electron chi connectivity index (χ1n) is 11.0. The van der Waals surface area contributed by atoms with Crippen LogP contribution >= 0.6 is 23.2 Å². The Hall–Kier alpha value is -3.67. The van der Waals surface area contributed by atoms with Crippen molar-refractivity contribution in [3.63, 3.8) is 0 Å². The van der Waals surface area contributed by atoms with Crippen molar-refractivity contribution in [2.75, 3.05) is 17.3 Å². The summed E-state index contributed by atoms with van der Waals surface area (Å²) in [5, 5.41) is 4.75. The maximum absolute atomic E-state index is 13.6. The summed E-state index contributed by atoms with van der Waals surface area (Å²) in [6.07, 6.45) is -0.468. The standard InChI is InChI=1S/C28H22Cl2N2O3/c1-34-26-16-18(10-15-25(26)35-17-19-6-2-4-8-23(19)30)27-31-24-9-5-3-7-22(24)28(33)32(27)21-13-11-20(29)12-14-21/h2-16,27,31H,17H2,1H3. The number of carbonyl (C=O) groups is 1. The number of halogens is 2.